The molecular weight excluding hydrogens is 258 g/mol. The van der Waals surface area contributed by atoms with Gasteiger partial charge < -0.3 is 10.1 Å². The lowest BCUT2D eigenvalue weighted by atomic mass is 9.92. The van der Waals surface area contributed by atoms with Gasteiger partial charge in [-0.3, -0.25) is 4.79 Å². The number of carbonyl (C=O) groups is 1. The zero-order valence-electron chi connectivity index (χ0n) is 11.1. The monoisotopic (exact) mass is 275 g/mol. The maximum absolute atomic E-state index is 12.2. The molecule has 1 atom stereocenters. The van der Waals surface area contributed by atoms with Crippen molar-refractivity contribution in [2.24, 2.45) is 0 Å². The molecule has 0 aliphatic heterocycles. The van der Waals surface area contributed by atoms with E-state index in [9.17, 15) is 4.79 Å². The lowest BCUT2D eigenvalue weighted by Crippen LogP contribution is -2.46. The van der Waals surface area contributed by atoms with E-state index < -0.39 is 5.54 Å². The van der Waals surface area contributed by atoms with Crippen molar-refractivity contribution >= 4 is 17.2 Å². The Morgan fingerprint density at radius 1 is 1.32 bits per heavy atom. The van der Waals surface area contributed by atoms with E-state index in [1.165, 1.54) is 11.3 Å². The molecule has 0 saturated carbocycles. The fourth-order valence-corrected chi connectivity index (χ4v) is 2.64. The van der Waals surface area contributed by atoms with Crippen molar-refractivity contribution in [2.75, 3.05) is 13.7 Å². The molecule has 1 aromatic carbocycles. The smallest absolute Gasteiger partial charge is 0.252 e. The molecule has 4 heteroatoms. The number of hydrogen-bond donors (Lipinski definition) is 1. The Hall–Kier alpha value is -1.65. The Balaban J connectivity index is 2.23. The molecule has 0 bridgehead atoms. The van der Waals surface area contributed by atoms with Gasteiger partial charge in [-0.05, 0) is 23.9 Å². The van der Waals surface area contributed by atoms with Crippen molar-refractivity contribution in [3.8, 4) is 0 Å². The minimum absolute atomic E-state index is 0.0790. The summed E-state index contributed by atoms with van der Waals surface area (Å²) in [6.07, 6.45) is 0. The molecule has 2 rings (SSSR count). The largest absolute Gasteiger partial charge is 0.382 e. The van der Waals surface area contributed by atoms with Gasteiger partial charge in [0.05, 0.1) is 17.7 Å². The number of amides is 1. The van der Waals surface area contributed by atoms with Crippen LogP contribution in [0.4, 0.5) is 0 Å². The molecule has 0 aliphatic rings. The van der Waals surface area contributed by atoms with Crippen LogP contribution in [0.2, 0.25) is 0 Å². The molecule has 100 valence electrons. The molecule has 0 radical (unpaired) electrons. The summed E-state index contributed by atoms with van der Waals surface area (Å²) < 4.78 is 5.27. The van der Waals surface area contributed by atoms with Crippen molar-refractivity contribution in [3.05, 3.63) is 58.3 Å². The quantitative estimate of drug-likeness (QED) is 0.911. The minimum atomic E-state index is -0.533. The second kappa shape index (κ2) is 5.99. The third-order valence-electron chi connectivity index (χ3n) is 3.02. The van der Waals surface area contributed by atoms with Crippen LogP contribution in [0, 0.1) is 0 Å². The van der Waals surface area contributed by atoms with Crippen LogP contribution in [0.25, 0.3) is 0 Å². The Bertz CT molecular complexity index is 524. The summed E-state index contributed by atoms with van der Waals surface area (Å²) in [6.45, 7) is 2.39. The van der Waals surface area contributed by atoms with Crippen LogP contribution in [0.5, 0.6) is 0 Å². The third kappa shape index (κ3) is 3.22. The van der Waals surface area contributed by atoms with E-state index in [1.54, 1.807) is 7.11 Å². The van der Waals surface area contributed by atoms with Gasteiger partial charge in [-0.15, -0.1) is 0 Å². The molecule has 0 fully saturated rings. The van der Waals surface area contributed by atoms with Crippen LogP contribution in [0.3, 0.4) is 0 Å². The van der Waals surface area contributed by atoms with Gasteiger partial charge in [0.25, 0.3) is 5.91 Å². The van der Waals surface area contributed by atoms with Gasteiger partial charge in [-0.25, -0.2) is 0 Å². The Morgan fingerprint density at radius 3 is 2.63 bits per heavy atom. The first kappa shape index (κ1) is 13.8. The molecule has 19 heavy (non-hydrogen) atoms. The topological polar surface area (TPSA) is 38.3 Å². The lowest BCUT2D eigenvalue weighted by Gasteiger charge is -2.30. The Kier molecular flexibility index (Phi) is 4.35. The van der Waals surface area contributed by atoms with E-state index in [-0.39, 0.29) is 5.91 Å². The van der Waals surface area contributed by atoms with E-state index in [0.29, 0.717) is 12.2 Å². The van der Waals surface area contributed by atoms with E-state index in [1.807, 2.05) is 54.1 Å². The first-order valence-corrected chi connectivity index (χ1v) is 6.99. The van der Waals surface area contributed by atoms with Gasteiger partial charge >= 0.3 is 0 Å². The van der Waals surface area contributed by atoms with E-state index in [2.05, 4.69) is 5.32 Å². The fourth-order valence-electron chi connectivity index (χ4n) is 2.00. The molecule has 0 aliphatic carbocycles. The van der Waals surface area contributed by atoms with Crippen molar-refractivity contribution in [2.45, 2.75) is 12.5 Å². The minimum Gasteiger partial charge on any atom is -0.382 e. The van der Waals surface area contributed by atoms with Gasteiger partial charge in [-0.2, -0.15) is 11.3 Å². The average molecular weight is 275 g/mol. The lowest BCUT2D eigenvalue weighted by molar-refractivity contribution is 0.0786. The van der Waals surface area contributed by atoms with Crippen LogP contribution in [0.15, 0.2) is 47.2 Å². The molecule has 0 unspecified atom stereocenters. The van der Waals surface area contributed by atoms with Crippen molar-refractivity contribution < 1.29 is 9.53 Å². The summed E-state index contributed by atoms with van der Waals surface area (Å²) >= 11 is 1.51. The summed E-state index contributed by atoms with van der Waals surface area (Å²) in [5, 5.41) is 6.79. The number of carbonyl (C=O) groups excluding carboxylic acids is 1. The summed E-state index contributed by atoms with van der Waals surface area (Å²) in [5.41, 5.74) is 1.18. The SMILES string of the molecule is COC[C@@](C)(NC(=O)c1ccsc1)c1ccccc1. The number of benzene rings is 1. The molecule has 2 aromatic rings. The van der Waals surface area contributed by atoms with Crippen molar-refractivity contribution in [1.29, 1.82) is 0 Å². The van der Waals surface area contributed by atoms with Gasteiger partial charge in [0.1, 0.15) is 0 Å². The number of hydrogen-bond acceptors (Lipinski definition) is 3. The molecule has 1 N–H and O–H groups in total. The van der Waals surface area contributed by atoms with E-state index in [0.717, 1.165) is 5.56 Å². The first-order chi connectivity index (χ1) is 9.15. The van der Waals surface area contributed by atoms with Crippen LogP contribution in [-0.2, 0) is 10.3 Å². The predicted molar refractivity (Wildman–Crippen MR) is 77.5 cm³/mol. The highest BCUT2D eigenvalue weighted by atomic mass is 32.1. The van der Waals surface area contributed by atoms with Crippen LogP contribution < -0.4 is 5.32 Å². The second-order valence-electron chi connectivity index (χ2n) is 4.60. The first-order valence-electron chi connectivity index (χ1n) is 6.05. The van der Waals surface area contributed by atoms with Gasteiger partial charge in [0, 0.05) is 12.5 Å². The van der Waals surface area contributed by atoms with Gasteiger partial charge in [0.2, 0.25) is 0 Å². The highest BCUT2D eigenvalue weighted by Gasteiger charge is 2.29. The predicted octanol–water partition coefficient (Wildman–Crippen LogP) is 3.04. The zero-order chi connectivity index (χ0) is 13.7. The fraction of sp³-hybridized carbons (Fsp3) is 0.267. The number of ether oxygens (including phenoxy) is 1. The maximum atomic E-state index is 12.2. The van der Waals surface area contributed by atoms with Crippen molar-refractivity contribution in [3.63, 3.8) is 0 Å². The number of methoxy groups -OCH3 is 1. The number of thiophene rings is 1. The summed E-state index contributed by atoms with van der Waals surface area (Å²) in [5.74, 6) is -0.0790. The molecule has 1 aromatic heterocycles. The highest BCUT2D eigenvalue weighted by Crippen LogP contribution is 2.22. The van der Waals surface area contributed by atoms with E-state index >= 15 is 0 Å². The van der Waals surface area contributed by atoms with Crippen LogP contribution in [-0.4, -0.2) is 19.6 Å². The average Bonchev–Trinajstić information content (AvgIpc) is 2.94. The second-order valence-corrected chi connectivity index (χ2v) is 5.38. The summed E-state index contributed by atoms with van der Waals surface area (Å²) in [7, 11) is 1.64. The number of rotatable bonds is 5. The van der Waals surface area contributed by atoms with Crippen molar-refractivity contribution in [1.82, 2.24) is 5.32 Å². The number of nitrogens with one attached hydrogen (secondary N) is 1. The Morgan fingerprint density at radius 2 is 2.05 bits per heavy atom. The molecule has 3 nitrogen and oxygen atoms in total. The van der Waals surface area contributed by atoms with E-state index in [4.69, 9.17) is 4.74 Å². The molecule has 1 heterocycles. The summed E-state index contributed by atoms with van der Waals surface area (Å²) in [4.78, 5) is 12.2. The third-order valence-corrected chi connectivity index (χ3v) is 3.70. The summed E-state index contributed by atoms with van der Waals surface area (Å²) in [6, 6.07) is 11.7. The molecule has 0 spiro atoms. The highest BCUT2D eigenvalue weighted by molar-refractivity contribution is 7.08. The molecule has 1 amide bonds. The molecule has 0 saturated heterocycles. The Labute approximate surface area is 117 Å². The zero-order valence-corrected chi connectivity index (χ0v) is 11.9. The molecular formula is C15H17NO2S. The van der Waals surface area contributed by atoms with Gasteiger partial charge in [0.15, 0.2) is 0 Å². The maximum Gasteiger partial charge on any atom is 0.252 e. The normalized spacial score (nSPS) is 13.8. The van der Waals surface area contributed by atoms with Gasteiger partial charge in [-0.1, -0.05) is 30.3 Å². The van der Waals surface area contributed by atoms with Crippen LogP contribution in [0.1, 0.15) is 22.8 Å². The van der Waals surface area contributed by atoms with Crippen LogP contribution >= 0.6 is 11.3 Å². The standard InChI is InChI=1S/C15H17NO2S/c1-15(11-18-2,13-6-4-3-5-7-13)16-14(17)12-8-9-19-10-12/h3-10H,11H2,1-2H3,(H,16,17)/t15-/m1/s1.